The Morgan fingerprint density at radius 3 is 2.73 bits per heavy atom. The number of hydrogen-bond acceptors (Lipinski definition) is 3. The normalized spacial score (nSPS) is 17.4. The number of ether oxygens (including phenoxy) is 2. The van der Waals surface area contributed by atoms with Gasteiger partial charge in [0.15, 0.2) is 6.29 Å². The van der Waals surface area contributed by atoms with Gasteiger partial charge in [-0.2, -0.15) is 0 Å². The highest BCUT2D eigenvalue weighted by Gasteiger charge is 2.20. The molecule has 0 aromatic carbocycles. The molecule has 0 aliphatic carbocycles. The molecule has 4 nitrogen and oxygen atoms in total. The molecule has 5 heteroatoms. The third-order valence-corrected chi connectivity index (χ3v) is 2.31. The highest BCUT2D eigenvalue weighted by atomic mass is 35.5. The van der Waals surface area contributed by atoms with Crippen LogP contribution in [0.3, 0.4) is 0 Å². The summed E-state index contributed by atoms with van der Waals surface area (Å²) in [6.07, 6.45) is 2.24. The zero-order chi connectivity index (χ0) is 11.1. The van der Waals surface area contributed by atoms with Crippen LogP contribution in [0.1, 0.15) is 6.42 Å². The zero-order valence-electron chi connectivity index (χ0n) is 8.65. The average Bonchev–Trinajstić information content (AvgIpc) is 2.29. The van der Waals surface area contributed by atoms with Crippen molar-refractivity contribution in [3.8, 4) is 0 Å². The van der Waals surface area contributed by atoms with Gasteiger partial charge in [-0.05, 0) is 6.42 Å². The van der Waals surface area contributed by atoms with Crippen LogP contribution in [-0.4, -0.2) is 49.3 Å². The number of rotatable bonds is 5. The molecule has 0 atom stereocenters. The van der Waals surface area contributed by atoms with Crippen LogP contribution in [0.5, 0.6) is 0 Å². The van der Waals surface area contributed by atoms with Crippen molar-refractivity contribution >= 4 is 17.5 Å². The SMILES string of the molecule is C=CCN(CC1OCCCO1)C(=O)CCl. The summed E-state index contributed by atoms with van der Waals surface area (Å²) in [5.41, 5.74) is 0. The monoisotopic (exact) mass is 233 g/mol. The third-order valence-electron chi connectivity index (χ3n) is 2.08. The second-order valence-electron chi connectivity index (χ2n) is 3.25. The lowest BCUT2D eigenvalue weighted by molar-refractivity contribution is -0.187. The zero-order valence-corrected chi connectivity index (χ0v) is 9.41. The maximum Gasteiger partial charge on any atom is 0.237 e. The summed E-state index contributed by atoms with van der Waals surface area (Å²) in [7, 11) is 0. The molecule has 0 bridgehead atoms. The van der Waals surface area contributed by atoms with Gasteiger partial charge in [0.05, 0.1) is 19.8 Å². The van der Waals surface area contributed by atoms with Crippen LogP contribution >= 0.6 is 11.6 Å². The molecule has 1 rings (SSSR count). The first-order chi connectivity index (χ1) is 7.27. The molecule has 0 radical (unpaired) electrons. The fourth-order valence-electron chi connectivity index (χ4n) is 1.34. The van der Waals surface area contributed by atoms with E-state index in [1.165, 1.54) is 0 Å². The van der Waals surface area contributed by atoms with Gasteiger partial charge >= 0.3 is 0 Å². The summed E-state index contributed by atoms with van der Waals surface area (Å²) in [4.78, 5) is 13.0. The van der Waals surface area contributed by atoms with E-state index in [0.717, 1.165) is 6.42 Å². The summed E-state index contributed by atoms with van der Waals surface area (Å²) < 4.78 is 10.7. The Kier molecular flexibility index (Phi) is 5.68. The van der Waals surface area contributed by atoms with E-state index in [1.54, 1.807) is 11.0 Å². The number of amides is 1. The molecule has 0 spiro atoms. The highest BCUT2D eigenvalue weighted by molar-refractivity contribution is 6.27. The molecule has 1 heterocycles. The minimum atomic E-state index is -0.328. The van der Waals surface area contributed by atoms with E-state index < -0.39 is 0 Å². The van der Waals surface area contributed by atoms with Gasteiger partial charge in [-0.25, -0.2) is 0 Å². The smallest absolute Gasteiger partial charge is 0.237 e. The first-order valence-electron chi connectivity index (χ1n) is 4.95. The molecule has 15 heavy (non-hydrogen) atoms. The molecule has 86 valence electrons. The summed E-state index contributed by atoms with van der Waals surface area (Å²) in [5.74, 6) is -0.157. The Bertz CT molecular complexity index is 217. The van der Waals surface area contributed by atoms with E-state index in [-0.39, 0.29) is 18.1 Å². The number of carbonyl (C=O) groups excluding carboxylic acids is 1. The van der Waals surface area contributed by atoms with E-state index >= 15 is 0 Å². The van der Waals surface area contributed by atoms with E-state index in [0.29, 0.717) is 26.3 Å². The lowest BCUT2D eigenvalue weighted by Crippen LogP contribution is -2.42. The van der Waals surface area contributed by atoms with Crippen molar-refractivity contribution in [1.29, 1.82) is 0 Å². The quantitative estimate of drug-likeness (QED) is 0.525. The maximum atomic E-state index is 11.4. The first kappa shape index (κ1) is 12.5. The fourth-order valence-corrected chi connectivity index (χ4v) is 1.51. The van der Waals surface area contributed by atoms with E-state index in [1.807, 2.05) is 0 Å². The summed E-state index contributed by atoms with van der Waals surface area (Å²) >= 11 is 5.49. The predicted molar refractivity (Wildman–Crippen MR) is 57.8 cm³/mol. The molecule has 0 unspecified atom stereocenters. The molecule has 1 fully saturated rings. The third kappa shape index (κ3) is 4.20. The van der Waals surface area contributed by atoms with Crippen molar-refractivity contribution in [2.24, 2.45) is 0 Å². The molecular weight excluding hydrogens is 218 g/mol. The van der Waals surface area contributed by atoms with Gasteiger partial charge in [0.25, 0.3) is 0 Å². The molecule has 1 aliphatic heterocycles. The largest absolute Gasteiger partial charge is 0.351 e. The van der Waals surface area contributed by atoms with Crippen LogP contribution in [0.25, 0.3) is 0 Å². The van der Waals surface area contributed by atoms with E-state index in [2.05, 4.69) is 6.58 Å². The molecule has 1 amide bonds. The minimum Gasteiger partial charge on any atom is -0.351 e. The molecule has 0 aromatic rings. The maximum absolute atomic E-state index is 11.4. The molecule has 0 N–H and O–H groups in total. The van der Waals surface area contributed by atoms with Crippen molar-refractivity contribution in [1.82, 2.24) is 4.90 Å². The standard InChI is InChI=1S/C10H16ClNO3/c1-2-4-12(9(13)7-11)8-10-14-5-3-6-15-10/h2,10H,1,3-8H2. The van der Waals surface area contributed by atoms with Gasteiger partial charge in [-0.15, -0.1) is 18.2 Å². The Morgan fingerprint density at radius 2 is 2.20 bits per heavy atom. The van der Waals surface area contributed by atoms with Crippen molar-refractivity contribution < 1.29 is 14.3 Å². The van der Waals surface area contributed by atoms with Crippen molar-refractivity contribution in [3.05, 3.63) is 12.7 Å². The Labute approximate surface area is 94.8 Å². The lowest BCUT2D eigenvalue weighted by atomic mass is 10.4. The van der Waals surface area contributed by atoms with Crippen LogP contribution in [0, 0.1) is 0 Å². The van der Waals surface area contributed by atoms with E-state index in [9.17, 15) is 4.79 Å². The van der Waals surface area contributed by atoms with Crippen molar-refractivity contribution in [2.75, 3.05) is 32.2 Å². The van der Waals surface area contributed by atoms with Crippen LogP contribution in [0.15, 0.2) is 12.7 Å². The number of hydrogen-bond donors (Lipinski definition) is 0. The summed E-state index contributed by atoms with van der Waals surface area (Å²) in [6, 6.07) is 0. The highest BCUT2D eigenvalue weighted by Crippen LogP contribution is 2.07. The number of nitrogens with zero attached hydrogens (tertiary/aromatic N) is 1. The van der Waals surface area contributed by atoms with Gasteiger partial charge in [0.2, 0.25) is 5.91 Å². The van der Waals surface area contributed by atoms with Gasteiger partial charge in [-0.1, -0.05) is 6.08 Å². The fraction of sp³-hybridized carbons (Fsp3) is 0.700. The second kappa shape index (κ2) is 6.82. The topological polar surface area (TPSA) is 38.8 Å². The number of halogens is 1. The van der Waals surface area contributed by atoms with E-state index in [4.69, 9.17) is 21.1 Å². The van der Waals surface area contributed by atoms with Crippen LogP contribution in [0.2, 0.25) is 0 Å². The Hall–Kier alpha value is -0.580. The number of carbonyl (C=O) groups is 1. The van der Waals surface area contributed by atoms with Crippen molar-refractivity contribution in [3.63, 3.8) is 0 Å². The molecule has 0 aromatic heterocycles. The number of alkyl halides is 1. The molecular formula is C10H16ClNO3. The van der Waals surface area contributed by atoms with Crippen molar-refractivity contribution in [2.45, 2.75) is 12.7 Å². The van der Waals surface area contributed by atoms with Crippen LogP contribution in [-0.2, 0) is 14.3 Å². The van der Waals surface area contributed by atoms with Crippen LogP contribution in [0.4, 0.5) is 0 Å². The van der Waals surface area contributed by atoms with Gasteiger partial charge in [0.1, 0.15) is 5.88 Å². The summed E-state index contributed by atoms with van der Waals surface area (Å²) in [5, 5.41) is 0. The molecule has 1 saturated heterocycles. The predicted octanol–water partition coefficient (Wildman–Crippen LogP) is 1.00. The average molecular weight is 234 g/mol. The second-order valence-corrected chi connectivity index (χ2v) is 3.51. The molecule has 0 saturated carbocycles. The summed E-state index contributed by atoms with van der Waals surface area (Å²) in [6.45, 7) is 5.84. The van der Waals surface area contributed by atoms with Gasteiger partial charge in [-0.3, -0.25) is 4.79 Å². The lowest BCUT2D eigenvalue weighted by Gasteiger charge is -2.28. The molecule has 1 aliphatic rings. The Balaban J connectivity index is 2.41. The first-order valence-corrected chi connectivity index (χ1v) is 5.49. The minimum absolute atomic E-state index is 0.0272. The van der Waals surface area contributed by atoms with Crippen LogP contribution < -0.4 is 0 Å². The van der Waals surface area contributed by atoms with Gasteiger partial charge < -0.3 is 14.4 Å². The van der Waals surface area contributed by atoms with Gasteiger partial charge in [0, 0.05) is 6.54 Å². The Morgan fingerprint density at radius 1 is 1.53 bits per heavy atom.